The Morgan fingerprint density at radius 1 is 1.60 bits per heavy atom. The van der Waals surface area contributed by atoms with Crippen molar-refractivity contribution in [2.75, 3.05) is 12.3 Å². The minimum Gasteiger partial charge on any atom is -0.466 e. The van der Waals surface area contributed by atoms with Crippen LogP contribution in [-0.2, 0) is 9.53 Å². The summed E-state index contributed by atoms with van der Waals surface area (Å²) in [4.78, 5) is 11.4. The molecule has 0 amide bonds. The highest BCUT2D eigenvalue weighted by atomic mass is 19.1. The summed E-state index contributed by atoms with van der Waals surface area (Å²) in [6.45, 7) is 3.72. The van der Waals surface area contributed by atoms with Crippen LogP contribution in [0.25, 0.3) is 0 Å². The molecule has 82 valence electrons. The number of hydrogen-bond acceptors (Lipinski definition) is 3. The number of carbonyl (C=O) groups is 1. The first-order valence-corrected chi connectivity index (χ1v) is 4.77. The molecule has 0 aliphatic carbocycles. The molecule has 0 heterocycles. The molecule has 4 heteroatoms. The Morgan fingerprint density at radius 2 is 2.27 bits per heavy atom. The number of ether oxygens (including phenoxy) is 1. The summed E-state index contributed by atoms with van der Waals surface area (Å²) in [6, 6.07) is 4.33. The van der Waals surface area contributed by atoms with Crippen molar-refractivity contribution in [3.63, 3.8) is 0 Å². The van der Waals surface area contributed by atoms with E-state index in [9.17, 15) is 9.18 Å². The molecule has 3 nitrogen and oxygen atoms in total. The van der Waals surface area contributed by atoms with Gasteiger partial charge in [-0.05, 0) is 31.5 Å². The van der Waals surface area contributed by atoms with E-state index in [-0.39, 0.29) is 11.7 Å². The zero-order chi connectivity index (χ0) is 11.4. The molecule has 0 saturated heterocycles. The van der Waals surface area contributed by atoms with Crippen LogP contribution in [0.2, 0.25) is 0 Å². The van der Waals surface area contributed by atoms with Crippen molar-refractivity contribution >= 4 is 11.7 Å². The zero-order valence-electron chi connectivity index (χ0n) is 8.79. The molecule has 0 fully saturated rings. The molecular formula is C11H14FNO2. The second kappa shape index (κ2) is 4.77. The van der Waals surface area contributed by atoms with Crippen molar-refractivity contribution in [1.29, 1.82) is 0 Å². The highest BCUT2D eigenvalue weighted by Gasteiger charge is 2.17. The van der Waals surface area contributed by atoms with Crippen molar-refractivity contribution in [1.82, 2.24) is 0 Å². The van der Waals surface area contributed by atoms with Crippen molar-refractivity contribution < 1.29 is 13.9 Å². The maximum Gasteiger partial charge on any atom is 0.313 e. The SMILES string of the molecule is CCOC(=O)[C@@H](C)c1ccc(N)c(F)c1. The third kappa shape index (κ3) is 2.68. The van der Waals surface area contributed by atoms with E-state index < -0.39 is 11.7 Å². The number of benzene rings is 1. The number of nitrogen functional groups attached to an aromatic ring is 1. The Bertz CT molecular complexity index is 366. The summed E-state index contributed by atoms with van der Waals surface area (Å²) in [5.41, 5.74) is 5.98. The lowest BCUT2D eigenvalue weighted by Gasteiger charge is -2.11. The molecule has 0 unspecified atom stereocenters. The van der Waals surface area contributed by atoms with Crippen LogP contribution in [0, 0.1) is 5.82 Å². The summed E-state index contributed by atoms with van der Waals surface area (Å²) in [7, 11) is 0. The third-order valence-corrected chi connectivity index (χ3v) is 2.16. The Morgan fingerprint density at radius 3 is 2.80 bits per heavy atom. The van der Waals surface area contributed by atoms with Crippen LogP contribution < -0.4 is 5.73 Å². The predicted molar refractivity (Wildman–Crippen MR) is 55.9 cm³/mol. The van der Waals surface area contributed by atoms with Crippen LogP contribution in [0.15, 0.2) is 18.2 Å². The van der Waals surface area contributed by atoms with Crippen LogP contribution in [0.1, 0.15) is 25.3 Å². The maximum atomic E-state index is 13.1. The van der Waals surface area contributed by atoms with E-state index in [0.717, 1.165) is 0 Å². The smallest absolute Gasteiger partial charge is 0.313 e. The molecule has 0 spiro atoms. The van der Waals surface area contributed by atoms with Gasteiger partial charge in [0.1, 0.15) is 5.82 Å². The molecule has 1 atom stereocenters. The molecule has 0 aliphatic rings. The third-order valence-electron chi connectivity index (χ3n) is 2.16. The topological polar surface area (TPSA) is 52.3 Å². The molecule has 1 aromatic rings. The predicted octanol–water partition coefficient (Wildman–Crippen LogP) is 2.07. The Hall–Kier alpha value is -1.58. The summed E-state index contributed by atoms with van der Waals surface area (Å²) in [6.07, 6.45) is 0. The van der Waals surface area contributed by atoms with Gasteiger partial charge in [-0.25, -0.2) is 4.39 Å². The number of anilines is 1. The lowest BCUT2D eigenvalue weighted by atomic mass is 10.0. The van der Waals surface area contributed by atoms with Gasteiger partial charge < -0.3 is 10.5 Å². The van der Waals surface area contributed by atoms with Gasteiger partial charge in [-0.1, -0.05) is 6.07 Å². The number of nitrogens with two attached hydrogens (primary N) is 1. The van der Waals surface area contributed by atoms with Crippen LogP contribution in [0.5, 0.6) is 0 Å². The number of halogens is 1. The summed E-state index contributed by atoms with van der Waals surface area (Å²) in [5, 5.41) is 0. The molecule has 0 saturated carbocycles. The number of carbonyl (C=O) groups excluding carboxylic acids is 1. The molecule has 15 heavy (non-hydrogen) atoms. The molecule has 2 N–H and O–H groups in total. The van der Waals surface area contributed by atoms with Gasteiger partial charge in [0.05, 0.1) is 18.2 Å². The maximum absolute atomic E-state index is 13.1. The van der Waals surface area contributed by atoms with Gasteiger partial charge in [-0.2, -0.15) is 0 Å². The van der Waals surface area contributed by atoms with Crippen molar-refractivity contribution in [3.8, 4) is 0 Å². The quantitative estimate of drug-likeness (QED) is 0.615. The average molecular weight is 211 g/mol. The lowest BCUT2D eigenvalue weighted by Crippen LogP contribution is -2.13. The van der Waals surface area contributed by atoms with Crippen LogP contribution >= 0.6 is 0 Å². The van der Waals surface area contributed by atoms with Crippen molar-refractivity contribution in [2.45, 2.75) is 19.8 Å². The van der Waals surface area contributed by atoms with Crippen LogP contribution in [0.3, 0.4) is 0 Å². The van der Waals surface area contributed by atoms with E-state index in [2.05, 4.69) is 0 Å². The molecule has 1 rings (SSSR count). The first-order valence-electron chi connectivity index (χ1n) is 4.77. The highest BCUT2D eigenvalue weighted by molar-refractivity contribution is 5.77. The van der Waals surface area contributed by atoms with E-state index in [1.807, 2.05) is 0 Å². The first-order chi connectivity index (χ1) is 7.06. The van der Waals surface area contributed by atoms with Gasteiger partial charge in [0.25, 0.3) is 0 Å². The second-order valence-corrected chi connectivity index (χ2v) is 3.25. The lowest BCUT2D eigenvalue weighted by molar-refractivity contribution is -0.144. The minimum absolute atomic E-state index is 0.0785. The fraction of sp³-hybridized carbons (Fsp3) is 0.364. The Balaban J connectivity index is 2.86. The van der Waals surface area contributed by atoms with Crippen molar-refractivity contribution in [3.05, 3.63) is 29.6 Å². The Labute approximate surface area is 88.0 Å². The Kier molecular flexibility index (Phi) is 3.66. The molecule has 0 bridgehead atoms. The molecule has 0 aliphatic heterocycles. The van der Waals surface area contributed by atoms with E-state index >= 15 is 0 Å². The van der Waals surface area contributed by atoms with E-state index in [1.165, 1.54) is 12.1 Å². The van der Waals surface area contributed by atoms with Gasteiger partial charge in [-0.3, -0.25) is 4.79 Å². The molecule has 1 aromatic carbocycles. The largest absolute Gasteiger partial charge is 0.466 e. The zero-order valence-corrected chi connectivity index (χ0v) is 8.79. The number of rotatable bonds is 3. The van der Waals surface area contributed by atoms with Crippen molar-refractivity contribution in [2.24, 2.45) is 0 Å². The summed E-state index contributed by atoms with van der Waals surface area (Å²) < 4.78 is 17.9. The van der Waals surface area contributed by atoms with Crippen LogP contribution in [0.4, 0.5) is 10.1 Å². The van der Waals surface area contributed by atoms with Gasteiger partial charge in [0.2, 0.25) is 0 Å². The average Bonchev–Trinajstić information content (AvgIpc) is 2.21. The number of esters is 1. The summed E-state index contributed by atoms with van der Waals surface area (Å²) in [5.74, 6) is -1.34. The van der Waals surface area contributed by atoms with Crippen LogP contribution in [-0.4, -0.2) is 12.6 Å². The number of hydrogen-bond donors (Lipinski definition) is 1. The summed E-state index contributed by atoms with van der Waals surface area (Å²) >= 11 is 0. The van der Waals surface area contributed by atoms with E-state index in [4.69, 9.17) is 10.5 Å². The van der Waals surface area contributed by atoms with Gasteiger partial charge in [-0.15, -0.1) is 0 Å². The molecule has 0 aromatic heterocycles. The first kappa shape index (κ1) is 11.5. The molecule has 0 radical (unpaired) electrons. The fourth-order valence-corrected chi connectivity index (χ4v) is 1.22. The van der Waals surface area contributed by atoms with E-state index in [1.54, 1.807) is 19.9 Å². The minimum atomic E-state index is -0.511. The standard InChI is InChI=1S/C11H14FNO2/c1-3-15-11(14)7(2)8-4-5-10(13)9(12)6-8/h4-7H,3,13H2,1-2H3/t7-/m0/s1. The van der Waals surface area contributed by atoms with Gasteiger partial charge >= 0.3 is 5.97 Å². The monoisotopic (exact) mass is 211 g/mol. The van der Waals surface area contributed by atoms with E-state index in [0.29, 0.717) is 12.2 Å². The molecular weight excluding hydrogens is 197 g/mol. The van der Waals surface area contributed by atoms with Gasteiger partial charge in [0.15, 0.2) is 0 Å². The fourth-order valence-electron chi connectivity index (χ4n) is 1.22. The second-order valence-electron chi connectivity index (χ2n) is 3.25. The normalized spacial score (nSPS) is 12.2. The van der Waals surface area contributed by atoms with Gasteiger partial charge in [0, 0.05) is 0 Å². The highest BCUT2D eigenvalue weighted by Crippen LogP contribution is 2.20.